The molecule has 0 bridgehead atoms. The van der Waals surface area contributed by atoms with Gasteiger partial charge in [0, 0.05) is 25.7 Å². The van der Waals surface area contributed by atoms with Crippen molar-refractivity contribution in [1.29, 1.82) is 0 Å². The monoisotopic (exact) mass is 256 g/mol. The van der Waals surface area contributed by atoms with Gasteiger partial charge >= 0.3 is 0 Å². The van der Waals surface area contributed by atoms with E-state index in [1.807, 2.05) is 0 Å². The van der Waals surface area contributed by atoms with Crippen LogP contribution in [0, 0.1) is 0 Å². The van der Waals surface area contributed by atoms with Gasteiger partial charge in [-0.05, 0) is 29.3 Å². The molecule has 0 unspecified atom stereocenters. The standard InChI is InChI=1S/C16H20N2O/c1-2-4-14-11-16(6-5-13(14)3-1)19-10-7-15-12-17-8-9-18-15/h1-6,11,15,17-18H,7-10,12H2/t15-/m1/s1. The first kappa shape index (κ1) is 12.5. The molecule has 3 nitrogen and oxygen atoms in total. The fraction of sp³-hybridized carbons (Fsp3) is 0.375. The van der Waals surface area contributed by atoms with Crippen molar-refractivity contribution in [3.8, 4) is 5.75 Å². The van der Waals surface area contributed by atoms with Crippen LogP contribution in [-0.2, 0) is 0 Å². The molecule has 1 aliphatic rings. The van der Waals surface area contributed by atoms with Crippen LogP contribution < -0.4 is 15.4 Å². The van der Waals surface area contributed by atoms with E-state index in [-0.39, 0.29) is 0 Å². The van der Waals surface area contributed by atoms with Gasteiger partial charge in [0.2, 0.25) is 0 Å². The first-order valence-electron chi connectivity index (χ1n) is 6.97. The smallest absolute Gasteiger partial charge is 0.119 e. The molecule has 1 fully saturated rings. The minimum Gasteiger partial charge on any atom is -0.494 e. The molecule has 1 aliphatic heterocycles. The lowest BCUT2D eigenvalue weighted by Crippen LogP contribution is -2.48. The largest absolute Gasteiger partial charge is 0.494 e. The molecule has 2 aromatic rings. The van der Waals surface area contributed by atoms with Crippen LogP contribution in [-0.4, -0.2) is 32.3 Å². The highest BCUT2D eigenvalue weighted by Crippen LogP contribution is 2.20. The van der Waals surface area contributed by atoms with Crippen LogP contribution in [0.2, 0.25) is 0 Å². The van der Waals surface area contributed by atoms with E-state index in [2.05, 4.69) is 53.1 Å². The zero-order valence-corrected chi connectivity index (χ0v) is 11.1. The van der Waals surface area contributed by atoms with Crippen LogP contribution in [0.4, 0.5) is 0 Å². The average Bonchev–Trinajstić information content (AvgIpc) is 2.48. The van der Waals surface area contributed by atoms with E-state index in [0.717, 1.165) is 38.4 Å². The molecular formula is C16H20N2O. The normalized spacial score (nSPS) is 19.5. The van der Waals surface area contributed by atoms with E-state index in [1.54, 1.807) is 0 Å². The van der Waals surface area contributed by atoms with E-state index >= 15 is 0 Å². The van der Waals surface area contributed by atoms with Gasteiger partial charge in [0.25, 0.3) is 0 Å². The summed E-state index contributed by atoms with van der Waals surface area (Å²) in [7, 11) is 0. The number of hydrogen-bond acceptors (Lipinski definition) is 3. The van der Waals surface area contributed by atoms with E-state index in [1.165, 1.54) is 10.8 Å². The Labute approximate surface area is 114 Å². The lowest BCUT2D eigenvalue weighted by atomic mass is 10.1. The number of benzene rings is 2. The van der Waals surface area contributed by atoms with Gasteiger partial charge in [-0.25, -0.2) is 0 Å². The van der Waals surface area contributed by atoms with Crippen LogP contribution >= 0.6 is 0 Å². The summed E-state index contributed by atoms with van der Waals surface area (Å²) in [5.74, 6) is 0.961. The Kier molecular flexibility index (Phi) is 3.96. The summed E-state index contributed by atoms with van der Waals surface area (Å²) in [5.41, 5.74) is 0. The van der Waals surface area contributed by atoms with Crippen molar-refractivity contribution < 1.29 is 4.74 Å². The highest BCUT2D eigenvalue weighted by molar-refractivity contribution is 5.83. The molecule has 0 radical (unpaired) electrons. The Hall–Kier alpha value is -1.58. The number of piperazine rings is 1. The molecule has 2 N–H and O–H groups in total. The van der Waals surface area contributed by atoms with Gasteiger partial charge in [-0.2, -0.15) is 0 Å². The van der Waals surface area contributed by atoms with Gasteiger partial charge in [-0.15, -0.1) is 0 Å². The van der Waals surface area contributed by atoms with Crippen molar-refractivity contribution in [3.63, 3.8) is 0 Å². The molecule has 0 amide bonds. The number of fused-ring (bicyclic) bond motifs is 1. The lowest BCUT2D eigenvalue weighted by molar-refractivity contribution is 0.274. The third-order valence-corrected chi connectivity index (χ3v) is 3.58. The first-order chi connectivity index (χ1) is 9.42. The molecule has 0 spiro atoms. The van der Waals surface area contributed by atoms with Gasteiger partial charge in [0.05, 0.1) is 6.61 Å². The predicted molar refractivity (Wildman–Crippen MR) is 78.7 cm³/mol. The molecule has 100 valence electrons. The maximum Gasteiger partial charge on any atom is 0.119 e. The number of nitrogens with one attached hydrogen (secondary N) is 2. The van der Waals surface area contributed by atoms with E-state index in [0.29, 0.717) is 6.04 Å². The van der Waals surface area contributed by atoms with Gasteiger partial charge in [-0.3, -0.25) is 0 Å². The maximum atomic E-state index is 5.85. The first-order valence-corrected chi connectivity index (χ1v) is 6.97. The van der Waals surface area contributed by atoms with Gasteiger partial charge in [-0.1, -0.05) is 30.3 Å². The van der Waals surface area contributed by atoms with E-state index in [4.69, 9.17) is 4.74 Å². The second kappa shape index (κ2) is 6.04. The Morgan fingerprint density at radius 3 is 2.79 bits per heavy atom. The second-order valence-electron chi connectivity index (χ2n) is 5.00. The summed E-state index contributed by atoms with van der Waals surface area (Å²) >= 11 is 0. The fourth-order valence-corrected chi connectivity index (χ4v) is 2.49. The summed E-state index contributed by atoms with van der Waals surface area (Å²) in [6.07, 6.45) is 1.04. The zero-order valence-electron chi connectivity index (χ0n) is 11.1. The maximum absolute atomic E-state index is 5.85. The minimum atomic E-state index is 0.536. The zero-order chi connectivity index (χ0) is 12.9. The minimum absolute atomic E-state index is 0.536. The third-order valence-electron chi connectivity index (χ3n) is 3.58. The van der Waals surface area contributed by atoms with Gasteiger partial charge in [0.1, 0.15) is 5.75 Å². The molecule has 1 atom stereocenters. The quantitative estimate of drug-likeness (QED) is 0.879. The van der Waals surface area contributed by atoms with Crippen LogP contribution in [0.1, 0.15) is 6.42 Å². The SMILES string of the molecule is c1ccc2cc(OCC[C@@H]3CNCCN3)ccc2c1. The van der Waals surface area contributed by atoms with Crippen LogP contribution in [0.3, 0.4) is 0 Å². The molecule has 19 heavy (non-hydrogen) atoms. The summed E-state index contributed by atoms with van der Waals surface area (Å²) in [5, 5.41) is 9.37. The average molecular weight is 256 g/mol. The predicted octanol–water partition coefficient (Wildman–Crippen LogP) is 2.17. The van der Waals surface area contributed by atoms with Crippen LogP contribution in [0.25, 0.3) is 10.8 Å². The molecule has 0 saturated carbocycles. The summed E-state index contributed by atoms with van der Waals surface area (Å²) < 4.78 is 5.85. The molecule has 2 aromatic carbocycles. The Morgan fingerprint density at radius 2 is 1.95 bits per heavy atom. The van der Waals surface area contributed by atoms with Crippen molar-refractivity contribution in [2.45, 2.75) is 12.5 Å². The molecule has 1 saturated heterocycles. The highest BCUT2D eigenvalue weighted by atomic mass is 16.5. The molecular weight excluding hydrogens is 236 g/mol. The van der Waals surface area contributed by atoms with Crippen molar-refractivity contribution in [1.82, 2.24) is 10.6 Å². The van der Waals surface area contributed by atoms with Gasteiger partial charge < -0.3 is 15.4 Å². The molecule has 0 aliphatic carbocycles. The van der Waals surface area contributed by atoms with Gasteiger partial charge in [0.15, 0.2) is 0 Å². The molecule has 3 rings (SSSR count). The Balaban J connectivity index is 1.56. The number of rotatable bonds is 4. The van der Waals surface area contributed by atoms with Crippen molar-refractivity contribution >= 4 is 10.8 Å². The topological polar surface area (TPSA) is 33.3 Å². The van der Waals surface area contributed by atoms with E-state index in [9.17, 15) is 0 Å². The van der Waals surface area contributed by atoms with Crippen molar-refractivity contribution in [3.05, 3.63) is 42.5 Å². The molecule has 0 aromatic heterocycles. The molecule has 1 heterocycles. The molecule has 3 heteroatoms. The van der Waals surface area contributed by atoms with Crippen molar-refractivity contribution in [2.24, 2.45) is 0 Å². The second-order valence-corrected chi connectivity index (χ2v) is 5.00. The Morgan fingerprint density at radius 1 is 1.05 bits per heavy atom. The number of ether oxygens (including phenoxy) is 1. The highest BCUT2D eigenvalue weighted by Gasteiger charge is 2.11. The lowest BCUT2D eigenvalue weighted by Gasteiger charge is -2.24. The summed E-state index contributed by atoms with van der Waals surface area (Å²) in [4.78, 5) is 0. The van der Waals surface area contributed by atoms with Crippen LogP contribution in [0.15, 0.2) is 42.5 Å². The van der Waals surface area contributed by atoms with E-state index < -0.39 is 0 Å². The number of hydrogen-bond donors (Lipinski definition) is 2. The van der Waals surface area contributed by atoms with Crippen molar-refractivity contribution in [2.75, 3.05) is 26.2 Å². The van der Waals surface area contributed by atoms with Crippen LogP contribution in [0.5, 0.6) is 5.75 Å². The third kappa shape index (κ3) is 3.25. The Bertz CT molecular complexity index is 535. The fourth-order valence-electron chi connectivity index (χ4n) is 2.49. The summed E-state index contributed by atoms with van der Waals surface area (Å²) in [6.45, 7) is 3.93. The summed E-state index contributed by atoms with van der Waals surface area (Å²) in [6, 6.07) is 15.2.